The molecule has 3 rings (SSSR count). The van der Waals surface area contributed by atoms with Gasteiger partial charge in [-0.05, 0) is 64.7 Å². The second-order valence-corrected chi connectivity index (χ2v) is 9.12. The number of hydrogen-bond donors (Lipinski definition) is 6. The maximum atomic E-state index is 10.7. The molecular weight excluding hydrogens is 594 g/mol. The van der Waals surface area contributed by atoms with Gasteiger partial charge in [0.25, 0.3) is 5.97 Å². The van der Waals surface area contributed by atoms with Crippen molar-refractivity contribution >= 4 is 57.7 Å². The van der Waals surface area contributed by atoms with Gasteiger partial charge in [0, 0.05) is 51.7 Å². The number of nitrogens with one attached hydrogen (secondary N) is 2. The highest BCUT2D eigenvalue weighted by molar-refractivity contribution is 6.62. The van der Waals surface area contributed by atoms with E-state index in [-0.39, 0.29) is 42.8 Å². The molecule has 13 heteroatoms. The zero-order chi connectivity index (χ0) is 34.1. The number of carbonyl (C=O) groups is 5. The molecule has 0 atom stereocenters. The van der Waals surface area contributed by atoms with E-state index in [4.69, 9.17) is 30.6 Å². The number of esters is 1. The van der Waals surface area contributed by atoms with Crippen molar-refractivity contribution in [3.8, 4) is 0 Å². The Morgan fingerprint density at radius 3 is 1.23 bits per heavy atom. The first-order valence-corrected chi connectivity index (χ1v) is 13.2. The summed E-state index contributed by atoms with van der Waals surface area (Å²) >= 11 is 4.64. The van der Waals surface area contributed by atoms with Gasteiger partial charge in [-0.1, -0.05) is 36.4 Å². The zero-order valence-electron chi connectivity index (χ0n) is 25.3. The Morgan fingerprint density at radius 1 is 0.659 bits per heavy atom. The number of rotatable bonds is 6. The number of anilines is 3. The summed E-state index contributed by atoms with van der Waals surface area (Å²) in [7, 11) is 0. The average molecular weight is 634 g/mol. The number of nitrogen functional groups attached to an aromatic ring is 1. The lowest BCUT2D eigenvalue weighted by Gasteiger charge is -2.04. The maximum Gasteiger partial charge on any atom is 0.302 e. The van der Waals surface area contributed by atoms with E-state index in [1.807, 2.05) is 0 Å². The fraction of sp³-hybridized carbons (Fsp3) is 0.258. The Morgan fingerprint density at radius 2 is 0.955 bits per heavy atom. The summed E-state index contributed by atoms with van der Waals surface area (Å²) in [6.45, 7) is 7.02. The molecule has 0 saturated carbocycles. The fourth-order valence-electron chi connectivity index (χ4n) is 2.59. The molecule has 0 aliphatic heterocycles. The Balaban J connectivity index is 0. The number of aliphatic hydroxyl groups is 2. The predicted octanol–water partition coefficient (Wildman–Crippen LogP) is 4.47. The minimum Gasteiger partial charge on any atom is -0.481 e. The van der Waals surface area contributed by atoms with Crippen LogP contribution in [0, 0.1) is 0 Å². The molecule has 0 aromatic heterocycles. The Bertz CT molecular complexity index is 1260. The molecule has 3 aromatic rings. The monoisotopic (exact) mass is 633 g/mol. The lowest BCUT2D eigenvalue weighted by atomic mass is 10.2. The number of benzene rings is 3. The second-order valence-electron chi connectivity index (χ2n) is 8.58. The van der Waals surface area contributed by atoms with Crippen LogP contribution in [-0.2, 0) is 48.5 Å². The van der Waals surface area contributed by atoms with Gasteiger partial charge in [-0.15, -0.1) is 0 Å². The van der Waals surface area contributed by atoms with E-state index in [9.17, 15) is 19.2 Å². The van der Waals surface area contributed by atoms with Gasteiger partial charge in [-0.25, -0.2) is 0 Å². The van der Waals surface area contributed by atoms with Gasteiger partial charge in [0.15, 0.2) is 0 Å². The average Bonchev–Trinajstić information content (AvgIpc) is 2.93. The van der Waals surface area contributed by atoms with Crippen molar-refractivity contribution in [3.63, 3.8) is 0 Å². The molecule has 44 heavy (non-hydrogen) atoms. The van der Waals surface area contributed by atoms with Crippen LogP contribution in [0.15, 0.2) is 72.8 Å². The quantitative estimate of drug-likeness (QED) is 0.128. The van der Waals surface area contributed by atoms with Crippen molar-refractivity contribution in [2.24, 2.45) is 0 Å². The minimum absolute atomic E-state index is 0.0281. The molecule has 12 nitrogen and oxygen atoms in total. The van der Waals surface area contributed by atoms with Gasteiger partial charge in [0.2, 0.25) is 17.1 Å². The van der Waals surface area contributed by atoms with Gasteiger partial charge in [0.1, 0.15) is 6.61 Å². The van der Waals surface area contributed by atoms with E-state index in [0.717, 1.165) is 40.7 Å². The number of halogens is 1. The number of amides is 2. The highest BCUT2D eigenvalue weighted by atomic mass is 35.5. The summed E-state index contributed by atoms with van der Waals surface area (Å²) in [5.41, 5.74) is 10.2. The van der Waals surface area contributed by atoms with Gasteiger partial charge in [0.05, 0.1) is 13.2 Å². The molecule has 0 aliphatic rings. The summed E-state index contributed by atoms with van der Waals surface area (Å²) in [4.78, 5) is 50.1. The van der Waals surface area contributed by atoms with E-state index in [0.29, 0.717) is 0 Å². The van der Waals surface area contributed by atoms with Crippen molar-refractivity contribution in [1.82, 2.24) is 0 Å². The largest absolute Gasteiger partial charge is 0.481 e. The second kappa shape index (κ2) is 24.8. The van der Waals surface area contributed by atoms with Crippen LogP contribution in [0.1, 0.15) is 51.3 Å². The van der Waals surface area contributed by atoms with Gasteiger partial charge >= 0.3 is 5.97 Å². The van der Waals surface area contributed by atoms with Crippen molar-refractivity contribution in [3.05, 3.63) is 89.5 Å². The number of hydrogen-bond acceptors (Lipinski definition) is 9. The smallest absolute Gasteiger partial charge is 0.302 e. The van der Waals surface area contributed by atoms with Gasteiger partial charge in [-0.2, -0.15) is 0 Å². The normalized spacial score (nSPS) is 8.91. The van der Waals surface area contributed by atoms with Crippen LogP contribution in [0.3, 0.4) is 0 Å². The summed E-state index contributed by atoms with van der Waals surface area (Å²) in [5.74, 6) is -1.34. The van der Waals surface area contributed by atoms with Crippen LogP contribution in [0.2, 0.25) is 0 Å². The summed E-state index contributed by atoms with van der Waals surface area (Å²) in [6.07, 6.45) is 0. The van der Waals surface area contributed by atoms with Crippen LogP contribution < -0.4 is 16.4 Å². The molecule has 0 fully saturated rings. The third-order valence-electron chi connectivity index (χ3n) is 4.34. The Labute approximate surface area is 261 Å². The molecular formula is C31H40ClN3O9. The zero-order valence-corrected chi connectivity index (χ0v) is 26.1. The number of nitrogens with two attached hydrogens (primary N) is 1. The number of carboxylic acid groups (broad SMARTS) is 1. The highest BCUT2D eigenvalue weighted by Crippen LogP contribution is 2.10. The maximum absolute atomic E-state index is 10.7. The lowest BCUT2D eigenvalue weighted by Crippen LogP contribution is -2.05. The van der Waals surface area contributed by atoms with Gasteiger partial charge in [-0.3, -0.25) is 24.0 Å². The van der Waals surface area contributed by atoms with Crippen molar-refractivity contribution < 1.29 is 44.0 Å². The highest BCUT2D eigenvalue weighted by Gasteiger charge is 1.98. The lowest BCUT2D eigenvalue weighted by molar-refractivity contribution is -0.142. The summed E-state index contributed by atoms with van der Waals surface area (Å²) in [6, 6.07) is 21.3. The van der Waals surface area contributed by atoms with E-state index in [1.54, 1.807) is 72.8 Å². The first-order valence-electron chi connectivity index (χ1n) is 12.9. The number of aliphatic carboxylic acids is 1. The van der Waals surface area contributed by atoms with Crippen LogP contribution in [0.4, 0.5) is 17.1 Å². The molecule has 0 radical (unpaired) electrons. The molecule has 7 N–H and O–H groups in total. The van der Waals surface area contributed by atoms with E-state index >= 15 is 0 Å². The van der Waals surface area contributed by atoms with Crippen LogP contribution >= 0.6 is 11.6 Å². The molecule has 0 saturated heterocycles. The third kappa shape index (κ3) is 27.4. The molecule has 0 bridgehead atoms. The van der Waals surface area contributed by atoms with Gasteiger partial charge < -0.3 is 36.4 Å². The molecule has 240 valence electrons. The van der Waals surface area contributed by atoms with E-state index < -0.39 is 5.97 Å². The topological polar surface area (TPSA) is 205 Å². The molecule has 3 aromatic carbocycles. The third-order valence-corrected chi connectivity index (χ3v) is 4.34. The number of carboxylic acids is 1. The predicted molar refractivity (Wildman–Crippen MR) is 170 cm³/mol. The Hall–Kier alpha value is -4.78. The van der Waals surface area contributed by atoms with Crippen molar-refractivity contribution in [1.29, 1.82) is 0 Å². The number of ether oxygens (including phenoxy) is 1. The molecule has 0 spiro atoms. The fourth-order valence-corrected chi connectivity index (χ4v) is 2.59. The molecule has 2 amide bonds. The first kappa shape index (κ1) is 41.4. The molecule has 0 unspecified atom stereocenters. The van der Waals surface area contributed by atoms with Crippen molar-refractivity contribution in [2.75, 3.05) is 16.4 Å². The van der Waals surface area contributed by atoms with E-state index in [2.05, 4.69) is 22.2 Å². The summed E-state index contributed by atoms with van der Waals surface area (Å²) < 4.78 is 4.82. The minimum atomic E-state index is -0.833. The number of carbonyl (C=O) groups excluding carboxylic acids is 4. The van der Waals surface area contributed by atoms with Crippen LogP contribution in [-0.4, -0.2) is 44.3 Å². The Kier molecular flexibility index (Phi) is 23.3. The van der Waals surface area contributed by atoms with Crippen LogP contribution in [0.5, 0.6) is 0 Å². The molecule has 0 heterocycles. The van der Waals surface area contributed by atoms with E-state index in [1.165, 1.54) is 27.7 Å². The van der Waals surface area contributed by atoms with Crippen molar-refractivity contribution in [2.45, 2.75) is 54.4 Å². The summed E-state index contributed by atoms with van der Waals surface area (Å²) in [5, 5.41) is 29.7. The standard InChI is InChI=1S/C11H13NO3.C9H11NO2.C7H9NO.C2H3ClO.C2H4O2/c1-8(13)12-11-5-3-10(4-6-11)7-15-9(2)14;1-7(12)10-9-4-2-8(6-11)3-5-9;8-7-3-1-6(5-9)2-4-7;2*1-2(3)4/h3-6H,7H2,1-2H3,(H,12,13);2-5,11H,6H2,1H3,(H,10,12);1-4,9H,5,8H2;1H3;1H3,(H,3,4). The molecule has 0 aliphatic carbocycles. The van der Waals surface area contributed by atoms with Crippen LogP contribution in [0.25, 0.3) is 0 Å². The SMILES string of the molecule is CC(=O)Cl.CC(=O)Nc1ccc(CO)cc1.CC(=O)Nc1ccc(COC(C)=O)cc1.CC(=O)O.Nc1ccc(CO)cc1. The number of aliphatic hydroxyl groups excluding tert-OH is 2. The first-order chi connectivity index (χ1) is 20.6.